The summed E-state index contributed by atoms with van der Waals surface area (Å²) in [5, 5.41) is 13.0. The second-order valence-electron chi connectivity index (χ2n) is 16.1. The van der Waals surface area contributed by atoms with Crippen LogP contribution in [0.15, 0.2) is 11.6 Å². The number of hydrogen-bond acceptors (Lipinski definition) is 10. The van der Waals surface area contributed by atoms with Gasteiger partial charge in [-0.05, 0) is 100 Å². The number of fused-ring (bicyclic) bond motifs is 6. The predicted molar refractivity (Wildman–Crippen MR) is 154 cm³/mol. The van der Waals surface area contributed by atoms with Gasteiger partial charge in [0.25, 0.3) is 5.79 Å². The minimum Gasteiger partial charge on any atom is -0.459 e. The molecule has 14 atom stereocenters. The highest BCUT2D eigenvalue weighted by Crippen LogP contribution is 2.71. The topological polar surface area (TPSA) is 119 Å². The van der Waals surface area contributed by atoms with Crippen LogP contribution in [-0.2, 0) is 42.7 Å². The molecule has 44 heavy (non-hydrogen) atoms. The molecule has 0 aromatic heterocycles. The van der Waals surface area contributed by atoms with Gasteiger partial charge in [-0.3, -0.25) is 4.79 Å². The van der Waals surface area contributed by atoms with Gasteiger partial charge in [0, 0.05) is 24.8 Å². The molecule has 10 heteroatoms. The maximum atomic E-state index is 13.0. The van der Waals surface area contributed by atoms with Gasteiger partial charge in [0.05, 0.1) is 18.3 Å². The number of esters is 2. The second kappa shape index (κ2) is 9.50. The van der Waals surface area contributed by atoms with Crippen LogP contribution in [0.5, 0.6) is 0 Å². The summed E-state index contributed by atoms with van der Waals surface area (Å²) in [7, 11) is 0. The lowest BCUT2D eigenvalue weighted by Crippen LogP contribution is -2.70. The summed E-state index contributed by atoms with van der Waals surface area (Å²) in [5.41, 5.74) is -0.977. The van der Waals surface area contributed by atoms with Crippen molar-refractivity contribution in [3.8, 4) is 0 Å². The van der Waals surface area contributed by atoms with Gasteiger partial charge < -0.3 is 38.3 Å². The number of aliphatic hydroxyl groups is 1. The Morgan fingerprint density at radius 1 is 1.00 bits per heavy atom. The van der Waals surface area contributed by atoms with Crippen molar-refractivity contribution in [2.24, 2.45) is 34.5 Å². The van der Waals surface area contributed by atoms with Crippen molar-refractivity contribution >= 4 is 11.9 Å². The Labute approximate surface area is 259 Å². The summed E-state index contributed by atoms with van der Waals surface area (Å²) in [6.07, 6.45) is 6.03. The fourth-order valence-corrected chi connectivity index (χ4v) is 11.6. The van der Waals surface area contributed by atoms with E-state index < -0.39 is 35.0 Å². The van der Waals surface area contributed by atoms with E-state index in [0.717, 1.165) is 44.1 Å². The zero-order chi connectivity index (χ0) is 31.0. The Hall–Kier alpha value is -1.56. The van der Waals surface area contributed by atoms with Gasteiger partial charge in [0.2, 0.25) is 6.29 Å². The molecule has 10 nitrogen and oxygen atoms in total. The van der Waals surface area contributed by atoms with Crippen LogP contribution in [-0.4, -0.2) is 77.6 Å². The van der Waals surface area contributed by atoms with Gasteiger partial charge in [-0.15, -0.1) is 0 Å². The lowest BCUT2D eigenvalue weighted by molar-refractivity contribution is -0.447. The smallest absolute Gasteiger partial charge is 0.331 e. The van der Waals surface area contributed by atoms with Gasteiger partial charge in [-0.1, -0.05) is 13.8 Å². The third kappa shape index (κ3) is 3.93. The van der Waals surface area contributed by atoms with Gasteiger partial charge in [-0.2, -0.15) is 0 Å². The Kier molecular flexibility index (Phi) is 6.44. The summed E-state index contributed by atoms with van der Waals surface area (Å²) in [6.45, 7) is 12.1. The number of carbonyl (C=O) groups is 2. The van der Waals surface area contributed by atoms with Crippen molar-refractivity contribution < 1.29 is 47.9 Å². The van der Waals surface area contributed by atoms with Gasteiger partial charge >= 0.3 is 11.9 Å². The highest BCUT2D eigenvalue weighted by molar-refractivity contribution is 5.85. The third-order valence-electron chi connectivity index (χ3n) is 13.4. The molecule has 3 saturated heterocycles. The van der Waals surface area contributed by atoms with E-state index in [-0.39, 0.29) is 66.1 Å². The second-order valence-corrected chi connectivity index (χ2v) is 16.1. The molecule has 4 aliphatic carbocycles. The van der Waals surface area contributed by atoms with Crippen molar-refractivity contribution in [3.63, 3.8) is 0 Å². The minimum atomic E-state index is -1.22. The molecule has 0 bridgehead atoms. The first-order valence-electron chi connectivity index (χ1n) is 16.8. The van der Waals surface area contributed by atoms with Gasteiger partial charge in [0.1, 0.15) is 24.4 Å². The van der Waals surface area contributed by atoms with E-state index in [1.165, 1.54) is 6.92 Å². The van der Waals surface area contributed by atoms with Crippen molar-refractivity contribution in [2.45, 2.75) is 147 Å². The Balaban J connectivity index is 1.11. The molecule has 1 N–H and O–H groups in total. The first kappa shape index (κ1) is 29.8. The summed E-state index contributed by atoms with van der Waals surface area (Å²) in [4.78, 5) is 24.5. The first-order chi connectivity index (χ1) is 20.7. The lowest BCUT2D eigenvalue weighted by Gasteiger charge is -2.65. The van der Waals surface area contributed by atoms with Crippen LogP contribution in [0, 0.1) is 34.5 Å². The minimum absolute atomic E-state index is 0.0255. The van der Waals surface area contributed by atoms with E-state index >= 15 is 0 Å². The average molecular weight is 617 g/mol. The van der Waals surface area contributed by atoms with E-state index in [2.05, 4.69) is 13.8 Å². The summed E-state index contributed by atoms with van der Waals surface area (Å²) in [6, 6.07) is 0. The zero-order valence-corrected chi connectivity index (χ0v) is 26.8. The van der Waals surface area contributed by atoms with E-state index in [1.54, 1.807) is 6.08 Å². The normalized spacial score (nSPS) is 55.3. The zero-order valence-electron chi connectivity index (χ0n) is 26.8. The van der Waals surface area contributed by atoms with Crippen molar-refractivity contribution in [1.82, 2.24) is 0 Å². The SMILES string of the molecule is CC(=O)O[C@@H]1C[C@H](C2=CC(=O)OC2)[C@@]2(C)CC[C@H]3[C@@H](CC[C@H]4C[C@H]5O[C@@H]6O[C@H](C)C[C@H]7OC(C)(C)O[C@@]67O[C@@H]5C[C@@]43C)[C@@]12O. The number of carbonyl (C=O) groups excluding carboxylic acids is 2. The molecule has 7 fully saturated rings. The molecule has 4 saturated carbocycles. The van der Waals surface area contributed by atoms with Crippen LogP contribution in [0.1, 0.15) is 92.9 Å². The average Bonchev–Trinajstić information content (AvgIpc) is 3.53. The van der Waals surface area contributed by atoms with Gasteiger partial charge in [0.15, 0.2) is 5.79 Å². The maximum Gasteiger partial charge on any atom is 0.331 e. The van der Waals surface area contributed by atoms with E-state index in [0.29, 0.717) is 18.8 Å². The molecule has 0 aromatic carbocycles. The molecule has 0 aromatic rings. The third-order valence-corrected chi connectivity index (χ3v) is 13.4. The van der Waals surface area contributed by atoms with Crippen LogP contribution in [0.2, 0.25) is 0 Å². The molecule has 8 aliphatic rings. The highest BCUT2D eigenvalue weighted by atomic mass is 16.9. The number of hydrogen-bond donors (Lipinski definition) is 1. The molecular formula is C34H48O10. The van der Waals surface area contributed by atoms with E-state index in [1.807, 2.05) is 20.8 Å². The standard InChI is InChI=1S/C34H48O10/c1-17-11-27-34(44-30(3,4)43-27)29(39-17)41-24-13-20-7-8-22-21(31(20,5)15-25(24)42-34)9-10-32(6)23(19-12-28(36)38-16-19)14-26(33(22,32)37)40-18(2)35/h12,17,20-27,29,37H,7-11,13-16H2,1-6H3/t17-,20+,21+,22-,23-,24-,25-,26-,27-,29+,31+,32-,33-,34-/m1/s1. The van der Waals surface area contributed by atoms with Crippen LogP contribution < -0.4 is 0 Å². The van der Waals surface area contributed by atoms with Crippen LogP contribution in [0.4, 0.5) is 0 Å². The van der Waals surface area contributed by atoms with Crippen LogP contribution in [0.3, 0.4) is 0 Å². The fraction of sp³-hybridized carbons (Fsp3) is 0.882. The molecular weight excluding hydrogens is 568 g/mol. The molecule has 8 rings (SSSR count). The predicted octanol–water partition coefficient (Wildman–Crippen LogP) is 4.16. The number of rotatable bonds is 2. The maximum absolute atomic E-state index is 13.0. The molecule has 1 spiro atoms. The Morgan fingerprint density at radius 3 is 2.52 bits per heavy atom. The van der Waals surface area contributed by atoms with Gasteiger partial charge in [-0.25, -0.2) is 4.79 Å². The number of cyclic esters (lactones) is 1. The largest absolute Gasteiger partial charge is 0.459 e. The Bertz CT molecular complexity index is 1280. The van der Waals surface area contributed by atoms with E-state index in [9.17, 15) is 14.7 Å². The summed E-state index contributed by atoms with van der Waals surface area (Å²) in [5.74, 6) is -2.17. The first-order valence-corrected chi connectivity index (χ1v) is 16.8. The quantitative estimate of drug-likeness (QED) is 0.358. The molecule has 244 valence electrons. The van der Waals surface area contributed by atoms with Crippen molar-refractivity contribution in [3.05, 3.63) is 11.6 Å². The lowest BCUT2D eigenvalue weighted by atomic mass is 9.42. The summed E-state index contributed by atoms with van der Waals surface area (Å²) < 4.78 is 44.1. The molecule has 0 unspecified atom stereocenters. The number of ether oxygens (including phenoxy) is 7. The fourth-order valence-electron chi connectivity index (χ4n) is 11.6. The molecule has 0 amide bonds. The summed E-state index contributed by atoms with van der Waals surface area (Å²) >= 11 is 0. The molecule has 0 radical (unpaired) electrons. The van der Waals surface area contributed by atoms with Crippen LogP contribution >= 0.6 is 0 Å². The molecule has 4 aliphatic heterocycles. The van der Waals surface area contributed by atoms with Crippen LogP contribution in [0.25, 0.3) is 0 Å². The van der Waals surface area contributed by atoms with Crippen molar-refractivity contribution in [1.29, 1.82) is 0 Å². The van der Waals surface area contributed by atoms with Crippen molar-refractivity contribution in [2.75, 3.05) is 6.61 Å². The highest BCUT2D eigenvalue weighted by Gasteiger charge is 2.74. The monoisotopic (exact) mass is 616 g/mol. The van der Waals surface area contributed by atoms with E-state index in [4.69, 9.17) is 33.2 Å². The molecule has 4 heterocycles. The Morgan fingerprint density at radius 2 is 1.80 bits per heavy atom.